The molecule has 9 heteroatoms. The molecule has 1 saturated heterocycles. The van der Waals surface area contributed by atoms with Gasteiger partial charge in [0.1, 0.15) is 5.37 Å². The number of nitro groups is 1. The highest BCUT2D eigenvalue weighted by Crippen LogP contribution is 2.39. The second kappa shape index (κ2) is 10.1. The van der Waals surface area contributed by atoms with Gasteiger partial charge in [-0.1, -0.05) is 54.6 Å². The van der Waals surface area contributed by atoms with Crippen molar-refractivity contribution in [1.82, 2.24) is 10.3 Å². The maximum atomic E-state index is 12.4. The van der Waals surface area contributed by atoms with Gasteiger partial charge in [0.15, 0.2) is 0 Å². The van der Waals surface area contributed by atoms with Gasteiger partial charge in [-0.2, -0.15) is 5.10 Å². The van der Waals surface area contributed by atoms with E-state index in [1.807, 2.05) is 47.4 Å². The Balaban J connectivity index is 1.40. The Morgan fingerprint density at radius 1 is 1.12 bits per heavy atom. The lowest BCUT2D eigenvalue weighted by Gasteiger charge is -2.24. The van der Waals surface area contributed by atoms with E-state index >= 15 is 0 Å². The molecule has 3 aromatic carbocycles. The van der Waals surface area contributed by atoms with E-state index in [-0.39, 0.29) is 17.0 Å². The van der Waals surface area contributed by atoms with Crippen LogP contribution in [0.15, 0.2) is 84.0 Å². The largest absolute Gasteiger partial charge is 0.322 e. The first-order valence-corrected chi connectivity index (χ1v) is 11.2. The van der Waals surface area contributed by atoms with Gasteiger partial charge in [0.2, 0.25) is 5.91 Å². The fourth-order valence-electron chi connectivity index (χ4n) is 3.43. The van der Waals surface area contributed by atoms with Crippen molar-refractivity contribution in [3.8, 4) is 0 Å². The van der Waals surface area contributed by atoms with Crippen molar-refractivity contribution in [3.05, 3.63) is 111 Å². The number of amides is 2. The zero-order valence-electron chi connectivity index (χ0n) is 17.5. The first-order chi connectivity index (χ1) is 16.0. The molecule has 0 aromatic heterocycles. The van der Waals surface area contributed by atoms with Crippen LogP contribution in [0, 0.1) is 10.1 Å². The van der Waals surface area contributed by atoms with Gasteiger partial charge >= 0.3 is 0 Å². The summed E-state index contributed by atoms with van der Waals surface area (Å²) in [5.74, 6) is 0.109. The molecule has 8 nitrogen and oxygen atoms in total. The molecule has 0 bridgehead atoms. The predicted molar refractivity (Wildman–Crippen MR) is 127 cm³/mol. The minimum absolute atomic E-state index is 0.0505. The van der Waals surface area contributed by atoms with Gasteiger partial charge in [0, 0.05) is 29.8 Å². The SMILES string of the molecule is O=C(N/N=C\c1cccc([N+](=O)[O-])c1)c1ccc([C@H]2SCC(=O)N2Cc2ccccc2)cc1. The van der Waals surface area contributed by atoms with Crippen molar-refractivity contribution >= 4 is 35.5 Å². The van der Waals surface area contributed by atoms with E-state index in [0.717, 1.165) is 11.1 Å². The fourth-order valence-corrected chi connectivity index (χ4v) is 4.62. The number of nitrogens with zero attached hydrogens (tertiary/aromatic N) is 3. The zero-order valence-corrected chi connectivity index (χ0v) is 18.3. The molecule has 1 N–H and O–H groups in total. The third-order valence-electron chi connectivity index (χ3n) is 5.08. The van der Waals surface area contributed by atoms with Crippen molar-refractivity contribution < 1.29 is 14.5 Å². The Kier molecular flexibility index (Phi) is 6.80. The summed E-state index contributed by atoms with van der Waals surface area (Å²) in [7, 11) is 0. The van der Waals surface area contributed by atoms with Crippen LogP contribution in [0.5, 0.6) is 0 Å². The number of nitrogens with one attached hydrogen (secondary N) is 1. The number of nitro benzene ring substituents is 1. The molecule has 4 rings (SSSR count). The lowest BCUT2D eigenvalue weighted by molar-refractivity contribution is -0.384. The van der Waals surface area contributed by atoms with Crippen molar-refractivity contribution in [1.29, 1.82) is 0 Å². The van der Waals surface area contributed by atoms with Crippen LogP contribution < -0.4 is 5.43 Å². The Hall–Kier alpha value is -3.98. The van der Waals surface area contributed by atoms with E-state index in [0.29, 0.717) is 23.4 Å². The van der Waals surface area contributed by atoms with Crippen molar-refractivity contribution in [2.45, 2.75) is 11.9 Å². The quantitative estimate of drug-likeness (QED) is 0.324. The predicted octanol–water partition coefficient (Wildman–Crippen LogP) is 4.13. The number of carbonyl (C=O) groups excluding carboxylic acids is 2. The number of thioether (sulfide) groups is 1. The first-order valence-electron chi connectivity index (χ1n) is 10.1. The van der Waals surface area contributed by atoms with Gasteiger partial charge in [0.25, 0.3) is 11.6 Å². The smallest absolute Gasteiger partial charge is 0.271 e. The number of carbonyl (C=O) groups is 2. The Labute approximate surface area is 194 Å². The number of non-ortho nitro benzene ring substituents is 1. The van der Waals surface area contributed by atoms with Crippen LogP contribution >= 0.6 is 11.8 Å². The highest BCUT2D eigenvalue weighted by atomic mass is 32.2. The molecule has 1 aliphatic rings. The van der Waals surface area contributed by atoms with Crippen LogP contribution in [-0.4, -0.2) is 33.6 Å². The Morgan fingerprint density at radius 3 is 2.61 bits per heavy atom. The van der Waals surface area contributed by atoms with Gasteiger partial charge in [-0.15, -0.1) is 11.8 Å². The van der Waals surface area contributed by atoms with Crippen LogP contribution in [0.2, 0.25) is 0 Å². The molecule has 2 amide bonds. The summed E-state index contributed by atoms with van der Waals surface area (Å²) in [4.78, 5) is 37.0. The van der Waals surface area contributed by atoms with Crippen molar-refractivity contribution in [3.63, 3.8) is 0 Å². The third-order valence-corrected chi connectivity index (χ3v) is 6.34. The van der Waals surface area contributed by atoms with Crippen LogP contribution in [0.25, 0.3) is 0 Å². The van der Waals surface area contributed by atoms with E-state index < -0.39 is 10.8 Å². The summed E-state index contributed by atoms with van der Waals surface area (Å²) in [6, 6.07) is 22.9. The average Bonchev–Trinajstić information content (AvgIpc) is 3.20. The maximum absolute atomic E-state index is 12.4. The van der Waals surface area contributed by atoms with Crippen LogP contribution in [0.1, 0.15) is 32.4 Å². The van der Waals surface area contributed by atoms with E-state index in [9.17, 15) is 19.7 Å². The summed E-state index contributed by atoms with van der Waals surface area (Å²) in [5.41, 5.74) is 5.30. The molecule has 1 heterocycles. The highest BCUT2D eigenvalue weighted by molar-refractivity contribution is 8.00. The molecule has 1 fully saturated rings. The lowest BCUT2D eigenvalue weighted by Crippen LogP contribution is -2.27. The monoisotopic (exact) mass is 460 g/mol. The highest BCUT2D eigenvalue weighted by Gasteiger charge is 2.32. The molecule has 33 heavy (non-hydrogen) atoms. The fraction of sp³-hybridized carbons (Fsp3) is 0.125. The lowest BCUT2D eigenvalue weighted by atomic mass is 10.1. The number of hydrogen-bond acceptors (Lipinski definition) is 6. The number of hydrazone groups is 1. The molecule has 0 radical (unpaired) electrons. The van der Waals surface area contributed by atoms with Crippen LogP contribution in [-0.2, 0) is 11.3 Å². The summed E-state index contributed by atoms with van der Waals surface area (Å²) < 4.78 is 0. The minimum Gasteiger partial charge on any atom is -0.322 e. The van der Waals surface area contributed by atoms with Gasteiger partial charge in [-0.3, -0.25) is 19.7 Å². The number of hydrogen-bond donors (Lipinski definition) is 1. The number of rotatable bonds is 7. The number of benzene rings is 3. The molecule has 0 unspecified atom stereocenters. The van der Waals surface area contributed by atoms with Crippen molar-refractivity contribution in [2.24, 2.45) is 5.10 Å². The van der Waals surface area contributed by atoms with Gasteiger partial charge in [-0.25, -0.2) is 5.43 Å². The van der Waals surface area contributed by atoms with Gasteiger partial charge < -0.3 is 4.90 Å². The molecule has 166 valence electrons. The summed E-state index contributed by atoms with van der Waals surface area (Å²) in [5, 5.41) is 14.6. The molecule has 3 aromatic rings. The van der Waals surface area contributed by atoms with Gasteiger partial charge in [-0.05, 0) is 23.3 Å². The Bertz CT molecular complexity index is 1200. The van der Waals surface area contributed by atoms with Crippen molar-refractivity contribution in [2.75, 3.05) is 5.75 Å². The van der Waals surface area contributed by atoms with E-state index in [1.165, 1.54) is 18.3 Å². The maximum Gasteiger partial charge on any atom is 0.271 e. The summed E-state index contributed by atoms with van der Waals surface area (Å²) in [6.07, 6.45) is 1.35. The molecule has 0 aliphatic carbocycles. The molecular formula is C24H20N4O4S. The molecule has 0 saturated carbocycles. The Morgan fingerprint density at radius 2 is 1.88 bits per heavy atom. The van der Waals surface area contributed by atoms with Crippen LogP contribution in [0.3, 0.4) is 0 Å². The third kappa shape index (κ3) is 5.45. The summed E-state index contributed by atoms with van der Waals surface area (Å²) in [6.45, 7) is 0.534. The second-order valence-electron chi connectivity index (χ2n) is 7.34. The summed E-state index contributed by atoms with van der Waals surface area (Å²) >= 11 is 1.56. The van der Waals surface area contributed by atoms with E-state index in [1.54, 1.807) is 36.0 Å². The molecular weight excluding hydrogens is 440 g/mol. The average molecular weight is 461 g/mol. The molecule has 1 aliphatic heterocycles. The standard InChI is InChI=1S/C24H20N4O4S/c29-22-16-33-24(27(22)15-17-5-2-1-3-6-17)20-11-9-19(10-12-20)23(30)26-25-14-18-7-4-8-21(13-18)28(31)32/h1-14,24H,15-16H2,(H,26,30)/b25-14-/t24-/m1/s1. The second-order valence-corrected chi connectivity index (χ2v) is 8.41. The normalized spacial score (nSPS) is 15.7. The first kappa shape index (κ1) is 22.2. The van der Waals surface area contributed by atoms with Crippen LogP contribution in [0.4, 0.5) is 5.69 Å². The van der Waals surface area contributed by atoms with E-state index in [4.69, 9.17) is 0 Å². The molecule has 1 atom stereocenters. The van der Waals surface area contributed by atoms with Gasteiger partial charge in [0.05, 0.1) is 16.9 Å². The molecule has 0 spiro atoms. The topological polar surface area (TPSA) is 105 Å². The zero-order chi connectivity index (χ0) is 23.2. The van der Waals surface area contributed by atoms with E-state index in [2.05, 4.69) is 10.5 Å². The minimum atomic E-state index is -0.491.